The molecule has 1 aromatic heterocycles. The molecule has 2 amide bonds. The standard InChI is InChI=1S/C26H22ClN5O4S/c1-35-20-11-9-18(10-12-20)25(34)29-26-32-31-24(37-26)14-23(33)30-28-15-17-5-4-7-21(13-17)36-16-19-6-2-3-8-22(19)27/h2-13,15H,14,16H2,1H3,(H,30,33)(H,29,32,34)/b28-15-. The fourth-order valence-electron chi connectivity index (χ4n) is 3.10. The van der Waals surface area contributed by atoms with Crippen LogP contribution in [-0.2, 0) is 17.8 Å². The first-order chi connectivity index (χ1) is 18.0. The van der Waals surface area contributed by atoms with Gasteiger partial charge in [-0.25, -0.2) is 5.43 Å². The Morgan fingerprint density at radius 3 is 2.62 bits per heavy atom. The van der Waals surface area contributed by atoms with Gasteiger partial charge in [-0.2, -0.15) is 5.10 Å². The summed E-state index contributed by atoms with van der Waals surface area (Å²) in [5.74, 6) is 0.593. The van der Waals surface area contributed by atoms with Crippen molar-refractivity contribution in [1.29, 1.82) is 0 Å². The van der Waals surface area contributed by atoms with E-state index < -0.39 is 0 Å². The molecule has 0 saturated carbocycles. The van der Waals surface area contributed by atoms with Crippen LogP contribution in [0.4, 0.5) is 5.13 Å². The molecular formula is C26H22ClN5O4S. The van der Waals surface area contributed by atoms with Crippen molar-refractivity contribution < 1.29 is 19.1 Å². The molecule has 2 N–H and O–H groups in total. The number of amides is 2. The normalized spacial score (nSPS) is 10.8. The van der Waals surface area contributed by atoms with Crippen LogP contribution in [0, 0.1) is 0 Å². The van der Waals surface area contributed by atoms with E-state index in [1.807, 2.05) is 42.5 Å². The number of nitrogens with zero attached hydrogens (tertiary/aromatic N) is 3. The number of ether oxygens (including phenoxy) is 2. The maximum absolute atomic E-state index is 12.3. The van der Waals surface area contributed by atoms with E-state index in [1.165, 1.54) is 6.21 Å². The predicted octanol–water partition coefficient (Wildman–Crippen LogP) is 4.72. The number of anilines is 1. The van der Waals surface area contributed by atoms with Crippen molar-refractivity contribution in [1.82, 2.24) is 15.6 Å². The van der Waals surface area contributed by atoms with E-state index in [0.717, 1.165) is 22.5 Å². The van der Waals surface area contributed by atoms with Crippen LogP contribution in [0.3, 0.4) is 0 Å². The minimum absolute atomic E-state index is 0.0333. The lowest BCUT2D eigenvalue weighted by atomic mass is 10.2. The monoisotopic (exact) mass is 535 g/mol. The van der Waals surface area contributed by atoms with Gasteiger partial charge in [-0.3, -0.25) is 14.9 Å². The molecule has 0 fully saturated rings. The summed E-state index contributed by atoms with van der Waals surface area (Å²) in [6.45, 7) is 0.335. The molecule has 0 spiro atoms. The van der Waals surface area contributed by atoms with Gasteiger partial charge in [0.2, 0.25) is 11.0 Å². The molecule has 11 heteroatoms. The number of aromatic nitrogens is 2. The summed E-state index contributed by atoms with van der Waals surface area (Å²) in [7, 11) is 1.55. The van der Waals surface area contributed by atoms with E-state index in [2.05, 4.69) is 26.0 Å². The Labute approximate surface area is 222 Å². The topological polar surface area (TPSA) is 115 Å². The largest absolute Gasteiger partial charge is 0.497 e. The highest BCUT2D eigenvalue weighted by Crippen LogP contribution is 2.20. The van der Waals surface area contributed by atoms with Crippen molar-refractivity contribution in [2.45, 2.75) is 13.0 Å². The van der Waals surface area contributed by atoms with Crippen LogP contribution < -0.4 is 20.2 Å². The summed E-state index contributed by atoms with van der Waals surface area (Å²) in [4.78, 5) is 24.6. The number of benzene rings is 3. The van der Waals surface area contributed by atoms with Crippen molar-refractivity contribution in [3.05, 3.63) is 99.5 Å². The Morgan fingerprint density at radius 2 is 1.84 bits per heavy atom. The highest BCUT2D eigenvalue weighted by Gasteiger charge is 2.12. The molecule has 188 valence electrons. The number of rotatable bonds is 10. The number of carbonyl (C=O) groups is 2. The van der Waals surface area contributed by atoms with Crippen LogP contribution in [-0.4, -0.2) is 35.3 Å². The van der Waals surface area contributed by atoms with Gasteiger partial charge in [-0.1, -0.05) is 53.3 Å². The van der Waals surface area contributed by atoms with Crippen LogP contribution >= 0.6 is 22.9 Å². The van der Waals surface area contributed by atoms with Crippen LogP contribution in [0.2, 0.25) is 5.02 Å². The molecule has 4 rings (SSSR count). The second kappa shape index (κ2) is 12.6. The van der Waals surface area contributed by atoms with E-state index >= 15 is 0 Å². The van der Waals surface area contributed by atoms with Crippen molar-refractivity contribution in [3.8, 4) is 11.5 Å². The first-order valence-electron chi connectivity index (χ1n) is 11.1. The van der Waals surface area contributed by atoms with Crippen molar-refractivity contribution in [2.24, 2.45) is 5.10 Å². The Hall–Kier alpha value is -4.28. The summed E-state index contributed by atoms with van der Waals surface area (Å²) in [6, 6.07) is 21.4. The number of halogens is 1. The zero-order chi connectivity index (χ0) is 26.0. The molecule has 0 unspecified atom stereocenters. The van der Waals surface area contributed by atoms with Gasteiger partial charge >= 0.3 is 0 Å². The second-order valence-electron chi connectivity index (χ2n) is 7.61. The van der Waals surface area contributed by atoms with Gasteiger partial charge in [0, 0.05) is 16.1 Å². The first kappa shape index (κ1) is 25.8. The number of hydrogen-bond acceptors (Lipinski definition) is 8. The maximum Gasteiger partial charge on any atom is 0.257 e. The van der Waals surface area contributed by atoms with Crippen LogP contribution in [0.5, 0.6) is 11.5 Å². The van der Waals surface area contributed by atoms with Gasteiger partial charge in [0.05, 0.1) is 19.7 Å². The molecule has 9 nitrogen and oxygen atoms in total. The summed E-state index contributed by atoms with van der Waals surface area (Å²) >= 11 is 7.28. The average Bonchev–Trinajstić information content (AvgIpc) is 3.34. The number of hydrazone groups is 1. The number of methoxy groups -OCH3 is 1. The van der Waals surface area contributed by atoms with Crippen molar-refractivity contribution in [2.75, 3.05) is 12.4 Å². The van der Waals surface area contributed by atoms with Gasteiger partial charge in [-0.15, -0.1) is 10.2 Å². The molecule has 0 aliphatic heterocycles. The highest BCUT2D eigenvalue weighted by molar-refractivity contribution is 7.15. The lowest BCUT2D eigenvalue weighted by molar-refractivity contribution is -0.120. The first-order valence-corrected chi connectivity index (χ1v) is 12.3. The molecule has 0 radical (unpaired) electrons. The zero-order valence-corrected chi connectivity index (χ0v) is 21.3. The third kappa shape index (κ3) is 7.60. The molecule has 0 atom stereocenters. The van der Waals surface area contributed by atoms with Gasteiger partial charge in [0.15, 0.2) is 0 Å². The van der Waals surface area contributed by atoms with E-state index in [1.54, 1.807) is 37.4 Å². The van der Waals surface area contributed by atoms with Crippen molar-refractivity contribution in [3.63, 3.8) is 0 Å². The summed E-state index contributed by atoms with van der Waals surface area (Å²) in [5.41, 5.74) is 4.54. The molecule has 0 saturated heterocycles. The Balaban J connectivity index is 1.25. The molecule has 0 aliphatic rings. The minimum atomic E-state index is -0.369. The quantitative estimate of drug-likeness (QED) is 0.224. The van der Waals surface area contributed by atoms with Crippen LogP contribution in [0.1, 0.15) is 26.5 Å². The number of nitrogens with one attached hydrogen (secondary N) is 2. The van der Waals surface area contributed by atoms with Crippen LogP contribution in [0.15, 0.2) is 77.9 Å². The molecule has 1 heterocycles. The van der Waals surface area contributed by atoms with Crippen molar-refractivity contribution >= 4 is 46.1 Å². The van der Waals surface area contributed by atoms with Crippen LogP contribution in [0.25, 0.3) is 0 Å². The maximum atomic E-state index is 12.3. The average molecular weight is 536 g/mol. The van der Waals surface area contributed by atoms with Gasteiger partial charge in [0.25, 0.3) is 5.91 Å². The van der Waals surface area contributed by atoms with Gasteiger partial charge in [-0.05, 0) is 48.0 Å². The fraction of sp³-hybridized carbons (Fsp3) is 0.115. The second-order valence-corrected chi connectivity index (χ2v) is 9.08. The highest BCUT2D eigenvalue weighted by atomic mass is 35.5. The SMILES string of the molecule is COc1ccc(C(=O)Nc2nnc(CC(=O)N/N=C\c3cccc(OCc4ccccc4Cl)c3)s2)cc1. The molecule has 37 heavy (non-hydrogen) atoms. The molecule has 4 aromatic rings. The van der Waals surface area contributed by atoms with E-state index in [4.69, 9.17) is 21.1 Å². The summed E-state index contributed by atoms with van der Waals surface area (Å²) in [5, 5.41) is 15.9. The summed E-state index contributed by atoms with van der Waals surface area (Å²) < 4.78 is 10.9. The lowest BCUT2D eigenvalue weighted by Gasteiger charge is -2.08. The fourth-order valence-corrected chi connectivity index (χ4v) is 4.03. The van der Waals surface area contributed by atoms with E-state index in [-0.39, 0.29) is 18.2 Å². The number of hydrogen-bond donors (Lipinski definition) is 2. The summed E-state index contributed by atoms with van der Waals surface area (Å²) in [6.07, 6.45) is 1.48. The third-order valence-corrected chi connectivity index (χ3v) is 6.17. The Kier molecular flexibility index (Phi) is 8.79. The Bertz CT molecular complexity index is 1410. The third-order valence-electron chi connectivity index (χ3n) is 4.96. The van der Waals surface area contributed by atoms with Gasteiger partial charge in [0.1, 0.15) is 23.1 Å². The van der Waals surface area contributed by atoms with E-state index in [9.17, 15) is 9.59 Å². The number of carbonyl (C=O) groups excluding carboxylic acids is 2. The molecule has 0 aliphatic carbocycles. The molecule has 0 bridgehead atoms. The molecular weight excluding hydrogens is 514 g/mol. The minimum Gasteiger partial charge on any atom is -0.497 e. The zero-order valence-electron chi connectivity index (χ0n) is 19.7. The molecule has 3 aromatic carbocycles. The Morgan fingerprint density at radius 1 is 1.03 bits per heavy atom. The predicted molar refractivity (Wildman–Crippen MR) is 143 cm³/mol. The van der Waals surface area contributed by atoms with Gasteiger partial charge < -0.3 is 9.47 Å². The van der Waals surface area contributed by atoms with E-state index in [0.29, 0.717) is 38.8 Å². The smallest absolute Gasteiger partial charge is 0.257 e. The lowest BCUT2D eigenvalue weighted by Crippen LogP contribution is -2.19.